The molecule has 0 aromatic carbocycles. The predicted octanol–water partition coefficient (Wildman–Crippen LogP) is 3.56. The minimum Gasteiger partial charge on any atom is -0.398 e. The van der Waals surface area contributed by atoms with Crippen LogP contribution in [0.25, 0.3) is 0 Å². The molecule has 2 N–H and O–H groups in total. The van der Waals surface area contributed by atoms with Crippen molar-refractivity contribution >= 4 is 17.0 Å². The Morgan fingerprint density at radius 3 is 2.54 bits per heavy atom. The van der Waals surface area contributed by atoms with Crippen molar-refractivity contribution in [3.05, 3.63) is 16.3 Å². The van der Waals surface area contributed by atoms with Crippen LogP contribution in [0.4, 0.5) is 5.69 Å². The average molecular weight is 197 g/mol. The highest BCUT2D eigenvalue weighted by Gasteiger charge is 2.12. The summed E-state index contributed by atoms with van der Waals surface area (Å²) in [6.45, 7) is 6.88. The fraction of sp³-hybridized carbons (Fsp3) is 0.636. The molecule has 2 heteroatoms. The maximum Gasteiger partial charge on any atom is 0.0455 e. The van der Waals surface area contributed by atoms with Crippen LogP contribution in [-0.4, -0.2) is 0 Å². The molecule has 0 amide bonds. The highest BCUT2D eigenvalue weighted by atomic mass is 32.1. The summed E-state index contributed by atoms with van der Waals surface area (Å²) < 4.78 is 0. The fourth-order valence-corrected chi connectivity index (χ4v) is 2.35. The summed E-state index contributed by atoms with van der Waals surface area (Å²) in [7, 11) is 0. The molecule has 0 saturated carbocycles. The first-order chi connectivity index (χ1) is 6.15. The highest BCUT2D eigenvalue weighted by Crippen LogP contribution is 2.26. The third-order valence-corrected chi connectivity index (χ3v) is 3.86. The minimum absolute atomic E-state index is 0.742. The quantitative estimate of drug-likeness (QED) is 0.784. The van der Waals surface area contributed by atoms with Gasteiger partial charge >= 0.3 is 0 Å². The largest absolute Gasteiger partial charge is 0.398 e. The summed E-state index contributed by atoms with van der Waals surface area (Å²) in [6.07, 6.45) is 2.39. The third kappa shape index (κ3) is 2.73. The molecule has 2 atom stereocenters. The van der Waals surface area contributed by atoms with Crippen molar-refractivity contribution in [1.29, 1.82) is 0 Å². The Kier molecular flexibility index (Phi) is 3.79. The van der Waals surface area contributed by atoms with Crippen LogP contribution in [0.5, 0.6) is 0 Å². The average Bonchev–Trinajstić information content (AvgIpc) is 2.50. The molecule has 0 bridgehead atoms. The fourth-order valence-electron chi connectivity index (χ4n) is 1.41. The van der Waals surface area contributed by atoms with Crippen molar-refractivity contribution in [2.24, 2.45) is 11.8 Å². The number of rotatable bonds is 4. The van der Waals surface area contributed by atoms with Gasteiger partial charge in [-0.15, -0.1) is 11.3 Å². The zero-order chi connectivity index (χ0) is 9.84. The summed E-state index contributed by atoms with van der Waals surface area (Å²) >= 11 is 1.78. The van der Waals surface area contributed by atoms with Gasteiger partial charge < -0.3 is 5.73 Å². The number of nitrogens with two attached hydrogens (primary N) is 1. The van der Waals surface area contributed by atoms with Crippen LogP contribution < -0.4 is 5.73 Å². The molecular weight excluding hydrogens is 178 g/mol. The van der Waals surface area contributed by atoms with E-state index in [-0.39, 0.29) is 0 Å². The molecule has 74 valence electrons. The van der Waals surface area contributed by atoms with E-state index < -0.39 is 0 Å². The molecule has 0 spiro atoms. The lowest BCUT2D eigenvalue weighted by atomic mass is 9.90. The van der Waals surface area contributed by atoms with Crippen LogP contribution in [0.2, 0.25) is 0 Å². The molecule has 0 aliphatic heterocycles. The van der Waals surface area contributed by atoms with Gasteiger partial charge in [0.1, 0.15) is 0 Å². The lowest BCUT2D eigenvalue weighted by molar-refractivity contribution is 0.377. The summed E-state index contributed by atoms with van der Waals surface area (Å²) in [6, 6.07) is 2.00. The van der Waals surface area contributed by atoms with Crippen molar-refractivity contribution in [2.45, 2.75) is 33.6 Å². The van der Waals surface area contributed by atoms with E-state index in [0.717, 1.165) is 23.9 Å². The normalized spacial score (nSPS) is 15.6. The van der Waals surface area contributed by atoms with E-state index in [0.29, 0.717) is 0 Å². The van der Waals surface area contributed by atoms with E-state index in [1.165, 1.54) is 11.3 Å². The third-order valence-electron chi connectivity index (χ3n) is 2.90. The van der Waals surface area contributed by atoms with Crippen molar-refractivity contribution in [1.82, 2.24) is 0 Å². The van der Waals surface area contributed by atoms with Crippen LogP contribution in [0.1, 0.15) is 32.1 Å². The molecule has 1 rings (SSSR count). The number of thiophene rings is 1. The van der Waals surface area contributed by atoms with Gasteiger partial charge in [-0.1, -0.05) is 27.2 Å². The lowest BCUT2D eigenvalue weighted by Gasteiger charge is -2.17. The van der Waals surface area contributed by atoms with Gasteiger partial charge in [0.15, 0.2) is 0 Å². The number of anilines is 1. The van der Waals surface area contributed by atoms with Gasteiger partial charge in [-0.2, -0.15) is 0 Å². The van der Waals surface area contributed by atoms with E-state index in [4.69, 9.17) is 5.73 Å². The Balaban J connectivity index is 2.54. The van der Waals surface area contributed by atoms with E-state index in [1.54, 1.807) is 11.3 Å². The van der Waals surface area contributed by atoms with Crippen LogP contribution >= 0.6 is 11.3 Å². The summed E-state index contributed by atoms with van der Waals surface area (Å²) in [5, 5.41) is 2.08. The zero-order valence-electron chi connectivity index (χ0n) is 8.71. The predicted molar refractivity (Wildman–Crippen MR) is 61.1 cm³/mol. The lowest BCUT2D eigenvalue weighted by Crippen LogP contribution is -2.09. The van der Waals surface area contributed by atoms with E-state index >= 15 is 0 Å². The van der Waals surface area contributed by atoms with E-state index in [9.17, 15) is 0 Å². The SMILES string of the molecule is CC[C@@H](C)[C@H](C)Cc1sccc1N. The second-order valence-corrected chi connectivity index (χ2v) is 4.87. The summed E-state index contributed by atoms with van der Waals surface area (Å²) in [4.78, 5) is 1.35. The van der Waals surface area contributed by atoms with Crippen molar-refractivity contribution < 1.29 is 0 Å². The molecule has 1 nitrogen and oxygen atoms in total. The zero-order valence-corrected chi connectivity index (χ0v) is 9.53. The Morgan fingerprint density at radius 1 is 1.38 bits per heavy atom. The van der Waals surface area contributed by atoms with Gasteiger partial charge in [-0.05, 0) is 29.7 Å². The number of nitrogen functional groups attached to an aromatic ring is 1. The van der Waals surface area contributed by atoms with E-state index in [2.05, 4.69) is 26.2 Å². The maximum atomic E-state index is 5.84. The Morgan fingerprint density at radius 2 is 2.08 bits per heavy atom. The molecule has 0 saturated heterocycles. The molecule has 0 unspecified atom stereocenters. The molecule has 0 aliphatic carbocycles. The monoisotopic (exact) mass is 197 g/mol. The Bertz CT molecular complexity index is 254. The van der Waals surface area contributed by atoms with Crippen LogP contribution in [0.3, 0.4) is 0 Å². The van der Waals surface area contributed by atoms with Crippen LogP contribution in [0, 0.1) is 11.8 Å². The summed E-state index contributed by atoms with van der Waals surface area (Å²) in [5.41, 5.74) is 6.81. The molecule has 0 fully saturated rings. The first kappa shape index (κ1) is 10.6. The van der Waals surface area contributed by atoms with Crippen LogP contribution in [0.15, 0.2) is 11.4 Å². The topological polar surface area (TPSA) is 26.0 Å². The first-order valence-corrected chi connectivity index (χ1v) is 5.85. The summed E-state index contributed by atoms with van der Waals surface area (Å²) in [5.74, 6) is 1.53. The van der Waals surface area contributed by atoms with Crippen molar-refractivity contribution in [3.63, 3.8) is 0 Å². The standard InChI is InChI=1S/C11H19NS/c1-4-8(2)9(3)7-11-10(12)5-6-13-11/h5-6,8-9H,4,7,12H2,1-3H3/t8-,9-/m1/s1. The van der Waals surface area contributed by atoms with E-state index in [1.807, 2.05) is 6.07 Å². The van der Waals surface area contributed by atoms with Gasteiger partial charge in [0.2, 0.25) is 0 Å². The molecule has 1 aromatic rings. The Labute approximate surface area is 85.0 Å². The number of hydrogen-bond donors (Lipinski definition) is 1. The molecule has 0 radical (unpaired) electrons. The van der Waals surface area contributed by atoms with Gasteiger partial charge in [-0.25, -0.2) is 0 Å². The first-order valence-electron chi connectivity index (χ1n) is 4.97. The van der Waals surface area contributed by atoms with Gasteiger partial charge in [0.05, 0.1) is 0 Å². The number of hydrogen-bond acceptors (Lipinski definition) is 2. The second kappa shape index (κ2) is 4.66. The Hall–Kier alpha value is -0.500. The second-order valence-electron chi connectivity index (χ2n) is 3.87. The molecule has 1 aromatic heterocycles. The smallest absolute Gasteiger partial charge is 0.0455 e. The molecule has 0 aliphatic rings. The minimum atomic E-state index is 0.742. The van der Waals surface area contributed by atoms with Crippen molar-refractivity contribution in [2.75, 3.05) is 5.73 Å². The molecular formula is C11H19NS. The molecule has 1 heterocycles. The molecule has 13 heavy (non-hydrogen) atoms. The van der Waals surface area contributed by atoms with Crippen molar-refractivity contribution in [3.8, 4) is 0 Å². The van der Waals surface area contributed by atoms with Gasteiger partial charge in [-0.3, -0.25) is 0 Å². The van der Waals surface area contributed by atoms with Gasteiger partial charge in [0, 0.05) is 10.6 Å². The van der Waals surface area contributed by atoms with Gasteiger partial charge in [0.25, 0.3) is 0 Å². The van der Waals surface area contributed by atoms with Crippen LogP contribution in [-0.2, 0) is 6.42 Å². The highest BCUT2D eigenvalue weighted by molar-refractivity contribution is 7.10. The maximum absolute atomic E-state index is 5.84.